The first-order valence-corrected chi connectivity index (χ1v) is 12.0. The maximum absolute atomic E-state index is 9.83. The third kappa shape index (κ3) is 5.94. The number of nitriles is 1. The number of rotatable bonds is 7. The fraction of sp³-hybridized carbons (Fsp3) is 0.345. The van der Waals surface area contributed by atoms with Gasteiger partial charge in [0.05, 0.1) is 17.3 Å². The van der Waals surface area contributed by atoms with Gasteiger partial charge in [0.25, 0.3) is 0 Å². The van der Waals surface area contributed by atoms with Crippen molar-refractivity contribution in [1.82, 2.24) is 4.90 Å². The first-order valence-electron chi connectivity index (χ1n) is 12.0. The van der Waals surface area contributed by atoms with Crippen molar-refractivity contribution in [2.24, 2.45) is 5.92 Å². The van der Waals surface area contributed by atoms with Crippen LogP contribution < -0.4 is 10.2 Å². The molecule has 0 radical (unpaired) electrons. The van der Waals surface area contributed by atoms with E-state index in [9.17, 15) is 5.26 Å². The SMILES string of the molecule is CC(C)CN1CCCN(c2ccc(C#N)c(NC(c3ccccc3)c3ccccc3)c2)CC1. The van der Waals surface area contributed by atoms with Crippen molar-refractivity contribution < 1.29 is 0 Å². The van der Waals surface area contributed by atoms with Crippen LogP contribution in [0.5, 0.6) is 0 Å². The van der Waals surface area contributed by atoms with Crippen LogP contribution in [0.2, 0.25) is 0 Å². The Kier molecular flexibility index (Phi) is 7.65. The molecule has 1 aliphatic heterocycles. The Labute approximate surface area is 198 Å². The number of hydrogen-bond acceptors (Lipinski definition) is 4. The lowest BCUT2D eigenvalue weighted by molar-refractivity contribution is 0.261. The van der Waals surface area contributed by atoms with E-state index in [1.165, 1.54) is 16.8 Å². The number of nitrogens with zero attached hydrogens (tertiary/aromatic N) is 3. The molecule has 4 nitrogen and oxygen atoms in total. The molecule has 1 heterocycles. The van der Waals surface area contributed by atoms with E-state index in [-0.39, 0.29) is 6.04 Å². The summed E-state index contributed by atoms with van der Waals surface area (Å²) in [5.41, 5.74) is 5.10. The van der Waals surface area contributed by atoms with E-state index in [2.05, 4.69) is 95.7 Å². The molecular weight excluding hydrogens is 404 g/mol. The molecule has 1 fully saturated rings. The molecule has 1 aliphatic rings. The second kappa shape index (κ2) is 11.0. The Morgan fingerprint density at radius 1 is 0.848 bits per heavy atom. The minimum atomic E-state index is -0.0274. The smallest absolute Gasteiger partial charge is 0.101 e. The quantitative estimate of drug-likeness (QED) is 0.497. The van der Waals surface area contributed by atoms with Gasteiger partial charge in [0, 0.05) is 31.9 Å². The maximum atomic E-state index is 9.83. The summed E-state index contributed by atoms with van der Waals surface area (Å²) in [7, 11) is 0. The molecule has 0 atom stereocenters. The summed E-state index contributed by atoms with van der Waals surface area (Å²) in [4.78, 5) is 5.04. The molecular formula is C29H34N4. The van der Waals surface area contributed by atoms with Crippen molar-refractivity contribution in [2.75, 3.05) is 42.9 Å². The average molecular weight is 439 g/mol. The van der Waals surface area contributed by atoms with E-state index in [1.807, 2.05) is 18.2 Å². The van der Waals surface area contributed by atoms with Gasteiger partial charge in [-0.25, -0.2) is 0 Å². The summed E-state index contributed by atoms with van der Waals surface area (Å²) in [6.45, 7) is 10.0. The van der Waals surface area contributed by atoms with Gasteiger partial charge in [0.2, 0.25) is 0 Å². The van der Waals surface area contributed by atoms with Crippen LogP contribution in [-0.4, -0.2) is 37.6 Å². The summed E-state index contributed by atoms with van der Waals surface area (Å²) in [5.74, 6) is 0.690. The van der Waals surface area contributed by atoms with Crippen LogP contribution in [0.15, 0.2) is 78.9 Å². The van der Waals surface area contributed by atoms with Crippen molar-refractivity contribution in [3.8, 4) is 6.07 Å². The molecule has 0 saturated carbocycles. The Morgan fingerprint density at radius 2 is 1.52 bits per heavy atom. The van der Waals surface area contributed by atoms with Crippen LogP contribution >= 0.6 is 0 Å². The summed E-state index contributed by atoms with van der Waals surface area (Å²) < 4.78 is 0. The largest absolute Gasteiger partial charge is 0.373 e. The zero-order valence-corrected chi connectivity index (χ0v) is 19.7. The lowest BCUT2D eigenvalue weighted by Crippen LogP contribution is -2.33. The van der Waals surface area contributed by atoms with E-state index < -0.39 is 0 Å². The molecule has 0 bridgehead atoms. The zero-order chi connectivity index (χ0) is 23.0. The third-order valence-electron chi connectivity index (χ3n) is 6.27. The monoisotopic (exact) mass is 438 g/mol. The number of anilines is 2. The Balaban J connectivity index is 1.60. The van der Waals surface area contributed by atoms with Crippen LogP contribution in [-0.2, 0) is 0 Å². The molecule has 4 heteroatoms. The third-order valence-corrected chi connectivity index (χ3v) is 6.27. The number of benzene rings is 3. The van der Waals surface area contributed by atoms with Crippen LogP contribution in [0.4, 0.5) is 11.4 Å². The van der Waals surface area contributed by atoms with Crippen molar-refractivity contribution in [3.63, 3.8) is 0 Å². The van der Waals surface area contributed by atoms with Gasteiger partial charge in [-0.2, -0.15) is 5.26 Å². The normalized spacial score (nSPS) is 14.8. The van der Waals surface area contributed by atoms with Crippen LogP contribution in [0.3, 0.4) is 0 Å². The topological polar surface area (TPSA) is 42.3 Å². The standard InChI is InChI=1S/C29H34N4/c1-23(2)22-32-16-9-17-33(19-18-32)27-15-14-26(21-30)28(20-27)31-29(24-10-5-3-6-11-24)25-12-7-4-8-13-25/h3-8,10-15,20,23,29,31H,9,16-19,22H2,1-2H3. The van der Waals surface area contributed by atoms with Crippen LogP contribution in [0.1, 0.15) is 43.0 Å². The second-order valence-electron chi connectivity index (χ2n) is 9.28. The predicted octanol–water partition coefficient (Wildman–Crippen LogP) is 5.93. The molecule has 3 aromatic rings. The predicted molar refractivity (Wildman–Crippen MR) is 138 cm³/mol. The Bertz CT molecular complexity index is 1020. The van der Waals surface area contributed by atoms with Crippen LogP contribution in [0, 0.1) is 17.2 Å². The van der Waals surface area contributed by atoms with Crippen LogP contribution in [0.25, 0.3) is 0 Å². The second-order valence-corrected chi connectivity index (χ2v) is 9.28. The van der Waals surface area contributed by atoms with E-state index >= 15 is 0 Å². The van der Waals surface area contributed by atoms with Gasteiger partial charge in [-0.1, -0.05) is 74.5 Å². The van der Waals surface area contributed by atoms with Crippen molar-refractivity contribution in [2.45, 2.75) is 26.3 Å². The molecule has 1 saturated heterocycles. The van der Waals surface area contributed by atoms with Gasteiger partial charge < -0.3 is 15.1 Å². The molecule has 0 aliphatic carbocycles. The minimum absolute atomic E-state index is 0.0274. The number of hydrogen-bond donors (Lipinski definition) is 1. The summed E-state index contributed by atoms with van der Waals surface area (Å²) in [6.07, 6.45) is 1.16. The number of nitrogens with one attached hydrogen (secondary N) is 1. The van der Waals surface area contributed by atoms with Crippen molar-refractivity contribution >= 4 is 11.4 Å². The molecule has 0 spiro atoms. The molecule has 0 amide bonds. The first-order chi connectivity index (χ1) is 16.1. The van der Waals surface area contributed by atoms with Crippen molar-refractivity contribution in [3.05, 3.63) is 95.6 Å². The molecule has 1 N–H and O–H groups in total. The Hall–Kier alpha value is -3.29. The fourth-order valence-corrected chi connectivity index (χ4v) is 4.68. The molecule has 170 valence electrons. The average Bonchev–Trinajstić information content (AvgIpc) is 3.08. The van der Waals surface area contributed by atoms with Crippen molar-refractivity contribution in [1.29, 1.82) is 5.26 Å². The molecule has 4 rings (SSSR count). The van der Waals surface area contributed by atoms with Gasteiger partial charge in [0.15, 0.2) is 0 Å². The molecule has 3 aromatic carbocycles. The van der Waals surface area contributed by atoms with E-state index in [1.54, 1.807) is 0 Å². The highest BCUT2D eigenvalue weighted by molar-refractivity contribution is 5.67. The van der Waals surface area contributed by atoms with Gasteiger partial charge in [-0.05, 0) is 48.2 Å². The van der Waals surface area contributed by atoms with E-state index in [0.29, 0.717) is 11.5 Å². The summed E-state index contributed by atoms with van der Waals surface area (Å²) in [5, 5.41) is 13.5. The fourth-order valence-electron chi connectivity index (χ4n) is 4.68. The van der Waals surface area contributed by atoms with Gasteiger partial charge in [0.1, 0.15) is 6.07 Å². The van der Waals surface area contributed by atoms with Gasteiger partial charge >= 0.3 is 0 Å². The summed E-state index contributed by atoms with van der Waals surface area (Å²) in [6, 6.07) is 29.5. The highest BCUT2D eigenvalue weighted by Gasteiger charge is 2.19. The Morgan fingerprint density at radius 3 is 2.12 bits per heavy atom. The highest BCUT2D eigenvalue weighted by atomic mass is 15.2. The molecule has 0 unspecified atom stereocenters. The summed E-state index contributed by atoms with van der Waals surface area (Å²) >= 11 is 0. The molecule has 33 heavy (non-hydrogen) atoms. The van der Waals surface area contributed by atoms with Gasteiger partial charge in [-0.3, -0.25) is 0 Å². The lowest BCUT2D eigenvalue weighted by Gasteiger charge is -2.26. The minimum Gasteiger partial charge on any atom is -0.373 e. The van der Waals surface area contributed by atoms with Gasteiger partial charge in [-0.15, -0.1) is 0 Å². The lowest BCUT2D eigenvalue weighted by atomic mass is 9.98. The van der Waals surface area contributed by atoms with E-state index in [4.69, 9.17) is 0 Å². The first kappa shape index (κ1) is 22.9. The molecule has 0 aromatic heterocycles. The zero-order valence-electron chi connectivity index (χ0n) is 19.7. The highest BCUT2D eigenvalue weighted by Crippen LogP contribution is 2.31. The van der Waals surface area contributed by atoms with E-state index in [0.717, 1.165) is 44.8 Å². The maximum Gasteiger partial charge on any atom is 0.101 e.